The molecule has 0 spiro atoms. The number of aliphatic hydroxyl groups is 11. The molecule has 3 aliphatic rings. The van der Waals surface area contributed by atoms with Crippen molar-refractivity contribution in [2.24, 2.45) is 0 Å². The first-order chi connectivity index (χ1) is 52.8. The van der Waals surface area contributed by atoms with Gasteiger partial charge >= 0.3 is 0 Å². The average Bonchev–Trinajstić information content (AvgIpc) is 0.778. The molecule has 3 rings (SSSR count). The number of unbranched alkanes of at least 4 members (excludes halogenated alkanes) is 54. The van der Waals surface area contributed by atoms with E-state index >= 15 is 0 Å². The van der Waals surface area contributed by atoms with Crippen molar-refractivity contribution in [3.8, 4) is 0 Å². The van der Waals surface area contributed by atoms with E-state index in [-0.39, 0.29) is 18.9 Å². The summed E-state index contributed by atoms with van der Waals surface area (Å²) in [7, 11) is 0. The Morgan fingerprint density at radius 1 is 0.324 bits per heavy atom. The van der Waals surface area contributed by atoms with Crippen LogP contribution in [-0.2, 0) is 33.2 Å². The molecule has 3 aliphatic heterocycles. The summed E-state index contributed by atoms with van der Waals surface area (Å²) >= 11 is 0. The largest absolute Gasteiger partial charge is 0.394 e. The van der Waals surface area contributed by atoms with E-state index < -0.39 is 124 Å². The number of amides is 1. The van der Waals surface area contributed by atoms with Crippen molar-refractivity contribution in [1.29, 1.82) is 0 Å². The second kappa shape index (κ2) is 69.3. The predicted octanol–water partition coefficient (Wildman–Crippen LogP) is 17.0. The summed E-state index contributed by atoms with van der Waals surface area (Å²) in [5.41, 5.74) is 0. The topological polar surface area (TPSA) is 307 Å². The number of carbonyl (C=O) groups is 1. The highest BCUT2D eigenvalue weighted by Crippen LogP contribution is 2.34. The minimum atomic E-state index is -1.98. The van der Waals surface area contributed by atoms with Crippen molar-refractivity contribution >= 4 is 5.91 Å². The molecule has 17 atom stereocenters. The van der Waals surface area contributed by atoms with Gasteiger partial charge in [-0.3, -0.25) is 4.79 Å². The van der Waals surface area contributed by atoms with Crippen LogP contribution in [0.1, 0.15) is 393 Å². The monoisotopic (exact) mass is 1540 g/mol. The lowest BCUT2D eigenvalue weighted by Crippen LogP contribution is -2.66. The molecule has 17 unspecified atom stereocenters. The SMILES string of the molecule is CCCCCCCCCCCCCCC/C=C/CC/C=C/CC/C=C/C(O)C(COC1OC(CO)C(OC2OC(CO)C(OC3OC(CO)C(O)C(O)C3O)C(O)C2O)C(O)C1O)NC(=O)CCCCCCCCCCCCCCCCCCCCCCCCCCCCCCCCCCCCCCCCCC. The maximum Gasteiger partial charge on any atom is 0.220 e. The van der Waals surface area contributed by atoms with Crippen LogP contribution in [-0.4, -0.2) is 193 Å². The Kier molecular flexibility index (Phi) is 64.3. The average molecular weight is 1540 g/mol. The van der Waals surface area contributed by atoms with Gasteiger partial charge in [0.15, 0.2) is 18.9 Å². The Morgan fingerprint density at radius 2 is 0.593 bits per heavy atom. The van der Waals surface area contributed by atoms with Gasteiger partial charge in [-0.05, 0) is 44.9 Å². The molecule has 0 aliphatic carbocycles. The second-order valence-electron chi connectivity index (χ2n) is 32.4. The maximum atomic E-state index is 13.5. The van der Waals surface area contributed by atoms with E-state index in [0.29, 0.717) is 12.8 Å². The zero-order chi connectivity index (χ0) is 78.1. The van der Waals surface area contributed by atoms with Crippen LogP contribution in [0.2, 0.25) is 0 Å². The molecule has 19 heteroatoms. The molecular weight excluding hydrogens is 1370 g/mol. The summed E-state index contributed by atoms with van der Waals surface area (Å²) in [5, 5.41) is 121. The highest BCUT2D eigenvalue weighted by atomic mass is 16.8. The molecule has 12 N–H and O–H groups in total. The maximum absolute atomic E-state index is 13.5. The molecule has 1 amide bonds. The van der Waals surface area contributed by atoms with Crippen LogP contribution >= 0.6 is 0 Å². The van der Waals surface area contributed by atoms with Gasteiger partial charge in [-0.25, -0.2) is 0 Å². The minimum Gasteiger partial charge on any atom is -0.394 e. The first kappa shape index (κ1) is 100. The summed E-state index contributed by atoms with van der Waals surface area (Å²) in [6, 6.07) is -0.997. The molecule has 3 fully saturated rings. The first-order valence-corrected chi connectivity index (χ1v) is 45.2. The third kappa shape index (κ3) is 47.8. The van der Waals surface area contributed by atoms with Crippen molar-refractivity contribution in [3.63, 3.8) is 0 Å². The number of allylic oxidation sites excluding steroid dienone is 5. The quantitative estimate of drug-likeness (QED) is 0.0199. The normalized spacial score (nSPS) is 25.5. The van der Waals surface area contributed by atoms with E-state index in [0.717, 1.165) is 44.9 Å². The third-order valence-corrected chi connectivity index (χ3v) is 22.7. The van der Waals surface area contributed by atoms with Crippen molar-refractivity contribution in [2.45, 2.75) is 497 Å². The Balaban J connectivity index is 1.30. The lowest BCUT2D eigenvalue weighted by Gasteiger charge is -2.48. The molecule has 0 aromatic heterocycles. The van der Waals surface area contributed by atoms with Crippen LogP contribution in [0, 0.1) is 0 Å². The first-order valence-electron chi connectivity index (χ1n) is 45.2. The highest BCUT2D eigenvalue weighted by molar-refractivity contribution is 5.76. The van der Waals surface area contributed by atoms with E-state index in [1.807, 2.05) is 6.08 Å². The van der Waals surface area contributed by atoms with E-state index in [9.17, 15) is 61.0 Å². The van der Waals surface area contributed by atoms with Gasteiger partial charge in [0.2, 0.25) is 5.91 Å². The van der Waals surface area contributed by atoms with Crippen LogP contribution in [0.3, 0.4) is 0 Å². The molecule has 108 heavy (non-hydrogen) atoms. The number of hydrogen-bond acceptors (Lipinski definition) is 18. The van der Waals surface area contributed by atoms with E-state index in [1.165, 1.54) is 315 Å². The number of aliphatic hydroxyl groups excluding tert-OH is 11. The van der Waals surface area contributed by atoms with E-state index in [2.05, 4.69) is 43.5 Å². The molecule has 0 saturated carbocycles. The number of hydrogen-bond donors (Lipinski definition) is 12. The van der Waals surface area contributed by atoms with Crippen LogP contribution in [0.4, 0.5) is 0 Å². The van der Waals surface area contributed by atoms with Gasteiger partial charge in [-0.1, -0.05) is 378 Å². The van der Waals surface area contributed by atoms with Crippen LogP contribution < -0.4 is 5.32 Å². The van der Waals surface area contributed by atoms with Crippen molar-refractivity contribution < 1.29 is 89.4 Å². The summed E-state index contributed by atoms with van der Waals surface area (Å²) < 4.78 is 34.5. The second-order valence-corrected chi connectivity index (χ2v) is 32.4. The van der Waals surface area contributed by atoms with Crippen molar-refractivity contribution in [1.82, 2.24) is 5.32 Å². The summed E-state index contributed by atoms with van der Waals surface area (Å²) in [6.07, 6.45) is 61.8. The molecule has 0 bridgehead atoms. The van der Waals surface area contributed by atoms with Gasteiger partial charge < -0.3 is 89.9 Å². The van der Waals surface area contributed by atoms with Gasteiger partial charge in [-0.15, -0.1) is 0 Å². The summed E-state index contributed by atoms with van der Waals surface area (Å²) in [5.74, 6) is -0.281. The molecule has 3 saturated heterocycles. The molecule has 636 valence electrons. The lowest BCUT2D eigenvalue weighted by atomic mass is 9.96. The fourth-order valence-electron chi connectivity index (χ4n) is 15.5. The Labute approximate surface area is 657 Å². The molecule has 0 radical (unpaired) electrons. The standard InChI is InChI=1S/C89H167NO18/c1-3-5-7-9-11-13-15-17-19-21-23-25-27-28-29-30-31-32-33-34-35-36-37-38-39-40-41-42-43-45-47-49-51-53-55-57-59-61-63-65-67-77(95)90-72(73(94)66-64-62-60-58-56-54-52-50-48-46-44-26-24-22-20-18-16-14-12-10-8-6-4-2)71-103-87-83(101)80(98)85(75(69-92)105-87)108-89-84(102)81(99)86(76(70-93)106-89)107-88-82(100)79(97)78(96)74(68-91)104-88/h48,50,56,58,64,66,72-76,78-89,91-94,96-102H,3-47,49,51-55,57,59-63,65,67-71H2,1-2H3,(H,90,95)/b50-48+,58-56+,66-64+. The van der Waals surface area contributed by atoms with E-state index in [1.54, 1.807) is 6.08 Å². The molecule has 3 heterocycles. The summed E-state index contributed by atoms with van der Waals surface area (Å²) in [6.45, 7) is 1.77. The highest BCUT2D eigenvalue weighted by Gasteiger charge is 2.54. The van der Waals surface area contributed by atoms with Gasteiger partial charge in [0.25, 0.3) is 0 Å². The zero-order valence-corrected chi connectivity index (χ0v) is 68.6. The number of ether oxygens (including phenoxy) is 6. The molecule has 0 aromatic rings. The smallest absolute Gasteiger partial charge is 0.220 e. The predicted molar refractivity (Wildman–Crippen MR) is 434 cm³/mol. The Morgan fingerprint density at radius 3 is 0.926 bits per heavy atom. The number of rotatable bonds is 74. The van der Waals surface area contributed by atoms with E-state index in [4.69, 9.17) is 28.4 Å². The summed E-state index contributed by atoms with van der Waals surface area (Å²) in [4.78, 5) is 13.5. The van der Waals surface area contributed by atoms with Gasteiger partial charge in [-0.2, -0.15) is 0 Å². The van der Waals surface area contributed by atoms with Crippen LogP contribution in [0.15, 0.2) is 36.5 Å². The van der Waals surface area contributed by atoms with Crippen LogP contribution in [0.25, 0.3) is 0 Å². The minimum absolute atomic E-state index is 0.237. The lowest BCUT2D eigenvalue weighted by molar-refractivity contribution is -0.379. The molecule has 19 nitrogen and oxygen atoms in total. The van der Waals surface area contributed by atoms with Crippen molar-refractivity contribution in [3.05, 3.63) is 36.5 Å². The van der Waals surface area contributed by atoms with Gasteiger partial charge in [0, 0.05) is 6.42 Å². The molecular formula is C89H167NO18. The Hall–Kier alpha value is -1.99. The number of carbonyl (C=O) groups excluding carboxylic acids is 1. The van der Waals surface area contributed by atoms with Crippen molar-refractivity contribution in [2.75, 3.05) is 26.4 Å². The Bertz CT molecular complexity index is 2090. The zero-order valence-electron chi connectivity index (χ0n) is 68.6. The van der Waals surface area contributed by atoms with Crippen LogP contribution in [0.5, 0.6) is 0 Å². The third-order valence-electron chi connectivity index (χ3n) is 22.7. The van der Waals surface area contributed by atoms with Gasteiger partial charge in [0.05, 0.1) is 38.6 Å². The fraction of sp³-hybridized carbons (Fsp3) is 0.921. The van der Waals surface area contributed by atoms with Gasteiger partial charge in [0.1, 0.15) is 73.2 Å². The molecule has 0 aromatic carbocycles. The fourth-order valence-corrected chi connectivity index (χ4v) is 15.5. The number of nitrogens with one attached hydrogen (secondary N) is 1.